The molecule has 4 heteroatoms. The fourth-order valence-electron chi connectivity index (χ4n) is 3.28. The highest BCUT2D eigenvalue weighted by molar-refractivity contribution is 7.99. The van der Waals surface area contributed by atoms with Crippen LogP contribution in [-0.2, 0) is 4.79 Å². The minimum atomic E-state index is -0.251. The summed E-state index contributed by atoms with van der Waals surface area (Å²) in [4.78, 5) is 14.8. The highest BCUT2D eigenvalue weighted by atomic mass is 32.2. The predicted molar refractivity (Wildman–Crippen MR) is 77.7 cm³/mol. The molecule has 0 radical (unpaired) electrons. The van der Waals surface area contributed by atoms with Crippen molar-refractivity contribution in [2.75, 3.05) is 25.1 Å². The molecule has 1 saturated heterocycles. The Hall–Kier alpha value is -0.220. The first kappa shape index (κ1) is 14.2. The predicted octanol–water partition coefficient (Wildman–Crippen LogP) is 2.25. The second kappa shape index (κ2) is 6.29. The van der Waals surface area contributed by atoms with Gasteiger partial charge in [0.1, 0.15) is 0 Å². The van der Waals surface area contributed by atoms with Gasteiger partial charge in [0.25, 0.3) is 0 Å². The van der Waals surface area contributed by atoms with Gasteiger partial charge in [-0.15, -0.1) is 0 Å². The second-order valence-corrected chi connectivity index (χ2v) is 6.98. The summed E-state index contributed by atoms with van der Waals surface area (Å²) in [6.07, 6.45) is 7.98. The average molecular weight is 270 g/mol. The van der Waals surface area contributed by atoms with Crippen molar-refractivity contribution in [2.24, 2.45) is 11.1 Å². The van der Waals surface area contributed by atoms with Crippen molar-refractivity contribution in [3.8, 4) is 0 Å². The van der Waals surface area contributed by atoms with Crippen molar-refractivity contribution in [1.82, 2.24) is 4.90 Å². The van der Waals surface area contributed by atoms with Gasteiger partial charge in [-0.1, -0.05) is 25.7 Å². The molecule has 1 saturated carbocycles. The van der Waals surface area contributed by atoms with Crippen molar-refractivity contribution < 1.29 is 4.79 Å². The Morgan fingerprint density at radius 2 is 2.00 bits per heavy atom. The van der Waals surface area contributed by atoms with E-state index in [0.29, 0.717) is 18.5 Å². The summed E-state index contributed by atoms with van der Waals surface area (Å²) < 4.78 is 0. The lowest BCUT2D eigenvalue weighted by atomic mass is 9.78. The van der Waals surface area contributed by atoms with Crippen LogP contribution in [-0.4, -0.2) is 41.9 Å². The van der Waals surface area contributed by atoms with Gasteiger partial charge in [-0.25, -0.2) is 0 Å². The van der Waals surface area contributed by atoms with Crippen molar-refractivity contribution >= 4 is 17.7 Å². The van der Waals surface area contributed by atoms with E-state index >= 15 is 0 Å². The molecule has 104 valence electrons. The number of rotatable bonds is 3. The first-order chi connectivity index (χ1) is 8.69. The SMILES string of the molecule is CN(C(=O)C1(CN)CCCCCC1)C1CCSC1. The Morgan fingerprint density at radius 1 is 1.33 bits per heavy atom. The van der Waals surface area contributed by atoms with Crippen LogP contribution in [0.1, 0.15) is 44.9 Å². The van der Waals surface area contributed by atoms with Crippen LogP contribution in [0, 0.1) is 5.41 Å². The van der Waals surface area contributed by atoms with Gasteiger partial charge in [0, 0.05) is 25.4 Å². The van der Waals surface area contributed by atoms with Crippen LogP contribution < -0.4 is 5.73 Å². The smallest absolute Gasteiger partial charge is 0.230 e. The summed E-state index contributed by atoms with van der Waals surface area (Å²) in [7, 11) is 1.99. The first-order valence-corrected chi connectivity index (χ1v) is 8.40. The zero-order chi connectivity index (χ0) is 13.0. The van der Waals surface area contributed by atoms with Gasteiger partial charge in [-0.2, -0.15) is 11.8 Å². The second-order valence-electron chi connectivity index (χ2n) is 5.83. The molecule has 2 fully saturated rings. The van der Waals surface area contributed by atoms with Crippen molar-refractivity contribution in [1.29, 1.82) is 0 Å². The summed E-state index contributed by atoms with van der Waals surface area (Å²) >= 11 is 1.96. The molecule has 0 spiro atoms. The maximum atomic E-state index is 12.8. The van der Waals surface area contributed by atoms with Crippen LogP contribution in [0.5, 0.6) is 0 Å². The molecule has 2 rings (SSSR count). The van der Waals surface area contributed by atoms with E-state index in [9.17, 15) is 4.79 Å². The number of hydrogen-bond acceptors (Lipinski definition) is 3. The van der Waals surface area contributed by atoms with Gasteiger partial charge in [-0.3, -0.25) is 4.79 Å². The molecule has 0 aromatic carbocycles. The summed E-state index contributed by atoms with van der Waals surface area (Å²) in [5, 5.41) is 0. The van der Waals surface area contributed by atoms with Gasteiger partial charge in [0.2, 0.25) is 5.91 Å². The Morgan fingerprint density at radius 3 is 2.50 bits per heavy atom. The number of nitrogens with zero attached hydrogens (tertiary/aromatic N) is 1. The van der Waals surface area contributed by atoms with E-state index < -0.39 is 0 Å². The standard InChI is InChI=1S/C14H26N2OS/c1-16(12-6-9-18-10-12)13(17)14(11-15)7-4-2-3-5-8-14/h12H,2-11,15H2,1H3. The van der Waals surface area contributed by atoms with Crippen LogP contribution in [0.4, 0.5) is 0 Å². The van der Waals surface area contributed by atoms with Gasteiger partial charge in [0.15, 0.2) is 0 Å². The third-order valence-electron chi connectivity index (χ3n) is 4.68. The molecular formula is C14H26N2OS. The average Bonchev–Trinajstić information content (AvgIpc) is 2.82. The van der Waals surface area contributed by atoms with Crippen LogP contribution >= 0.6 is 11.8 Å². The van der Waals surface area contributed by atoms with E-state index in [4.69, 9.17) is 5.73 Å². The Kier molecular flexibility index (Phi) is 4.96. The number of amides is 1. The molecule has 2 N–H and O–H groups in total. The molecule has 1 heterocycles. The number of carbonyl (C=O) groups is 1. The van der Waals surface area contributed by atoms with Gasteiger partial charge < -0.3 is 10.6 Å². The lowest BCUT2D eigenvalue weighted by Gasteiger charge is -2.36. The molecule has 18 heavy (non-hydrogen) atoms. The Labute approximate surface area is 115 Å². The minimum absolute atomic E-state index is 0.251. The Balaban J connectivity index is 2.07. The normalized spacial score (nSPS) is 27.8. The molecule has 1 atom stereocenters. The maximum Gasteiger partial charge on any atom is 0.230 e. The highest BCUT2D eigenvalue weighted by Crippen LogP contribution is 2.37. The molecule has 0 bridgehead atoms. The molecule has 0 aromatic heterocycles. The molecule has 1 unspecified atom stereocenters. The number of nitrogens with two attached hydrogens (primary N) is 1. The summed E-state index contributed by atoms with van der Waals surface area (Å²) in [6.45, 7) is 0.524. The first-order valence-electron chi connectivity index (χ1n) is 7.25. The van der Waals surface area contributed by atoms with Crippen molar-refractivity contribution in [3.05, 3.63) is 0 Å². The van der Waals surface area contributed by atoms with E-state index in [1.807, 2.05) is 23.7 Å². The summed E-state index contributed by atoms with van der Waals surface area (Å²) in [5.41, 5.74) is 5.74. The van der Waals surface area contributed by atoms with Gasteiger partial charge in [0.05, 0.1) is 5.41 Å². The van der Waals surface area contributed by atoms with Crippen LogP contribution in [0.2, 0.25) is 0 Å². The molecule has 1 amide bonds. The van der Waals surface area contributed by atoms with Crippen LogP contribution in [0.3, 0.4) is 0 Å². The van der Waals surface area contributed by atoms with E-state index in [2.05, 4.69) is 0 Å². The van der Waals surface area contributed by atoms with Gasteiger partial charge >= 0.3 is 0 Å². The summed E-state index contributed by atoms with van der Waals surface area (Å²) in [6, 6.07) is 0.439. The fourth-order valence-corrected chi connectivity index (χ4v) is 4.55. The quantitative estimate of drug-likeness (QED) is 0.800. The third-order valence-corrected chi connectivity index (χ3v) is 5.82. The van der Waals surface area contributed by atoms with Gasteiger partial charge in [-0.05, 0) is 25.0 Å². The zero-order valence-electron chi connectivity index (χ0n) is 11.5. The Bertz CT molecular complexity index is 282. The third kappa shape index (κ3) is 2.85. The molecule has 0 aromatic rings. The largest absolute Gasteiger partial charge is 0.341 e. The monoisotopic (exact) mass is 270 g/mol. The fraction of sp³-hybridized carbons (Fsp3) is 0.929. The molecule has 2 aliphatic rings. The van der Waals surface area contributed by atoms with E-state index in [1.165, 1.54) is 18.6 Å². The van der Waals surface area contributed by atoms with Crippen LogP contribution in [0.15, 0.2) is 0 Å². The number of hydrogen-bond donors (Lipinski definition) is 1. The van der Waals surface area contributed by atoms with E-state index in [1.54, 1.807) is 0 Å². The summed E-state index contributed by atoms with van der Waals surface area (Å²) in [5.74, 6) is 2.61. The van der Waals surface area contributed by atoms with E-state index in [-0.39, 0.29) is 5.41 Å². The number of carbonyl (C=O) groups excluding carboxylic acids is 1. The number of thioether (sulfide) groups is 1. The molecular weight excluding hydrogens is 244 g/mol. The van der Waals surface area contributed by atoms with E-state index in [0.717, 1.165) is 37.9 Å². The molecule has 1 aliphatic heterocycles. The molecule has 1 aliphatic carbocycles. The highest BCUT2D eigenvalue weighted by Gasteiger charge is 2.41. The lowest BCUT2D eigenvalue weighted by Crippen LogP contribution is -2.50. The topological polar surface area (TPSA) is 46.3 Å². The zero-order valence-corrected chi connectivity index (χ0v) is 12.3. The minimum Gasteiger partial charge on any atom is -0.341 e. The lowest BCUT2D eigenvalue weighted by molar-refractivity contribution is -0.143. The molecule has 3 nitrogen and oxygen atoms in total. The van der Waals surface area contributed by atoms with Crippen molar-refractivity contribution in [3.63, 3.8) is 0 Å². The maximum absolute atomic E-state index is 12.8. The van der Waals surface area contributed by atoms with Crippen LogP contribution in [0.25, 0.3) is 0 Å². The van der Waals surface area contributed by atoms with Crippen molar-refractivity contribution in [2.45, 2.75) is 51.0 Å².